The first kappa shape index (κ1) is 12.6. The highest BCUT2D eigenvalue weighted by molar-refractivity contribution is 9.10. The lowest BCUT2D eigenvalue weighted by molar-refractivity contribution is 0.102. The molecule has 0 atom stereocenters. The summed E-state index contributed by atoms with van der Waals surface area (Å²) >= 11 is 3.21. The van der Waals surface area contributed by atoms with E-state index in [1.807, 2.05) is 0 Å². The Morgan fingerprint density at radius 1 is 1.22 bits per heavy atom. The first-order valence-corrected chi connectivity index (χ1v) is 5.97. The minimum atomic E-state index is -0.462. The van der Waals surface area contributed by atoms with Crippen LogP contribution in [0.15, 0.2) is 46.9 Å². The fraction of sp³-hybridized carbons (Fsp3) is 0. The molecule has 3 N–H and O–H groups in total. The van der Waals surface area contributed by atoms with E-state index >= 15 is 0 Å². The highest BCUT2D eigenvalue weighted by Crippen LogP contribution is 2.20. The van der Waals surface area contributed by atoms with Crippen LogP contribution in [0.1, 0.15) is 10.4 Å². The molecule has 0 bridgehead atoms. The number of amides is 1. The second-order valence-corrected chi connectivity index (χ2v) is 4.56. The number of nitrogens with one attached hydrogen (secondary N) is 1. The maximum atomic E-state index is 13.1. The van der Waals surface area contributed by atoms with Crippen LogP contribution in [0.25, 0.3) is 0 Å². The molecular formula is C13H10BrFN2O. The average Bonchev–Trinajstić information content (AvgIpc) is 2.32. The number of carbonyl (C=O) groups excluding carboxylic acids is 1. The van der Waals surface area contributed by atoms with Gasteiger partial charge in [0.2, 0.25) is 0 Å². The van der Waals surface area contributed by atoms with Gasteiger partial charge in [0.05, 0.1) is 5.56 Å². The fourth-order valence-electron chi connectivity index (χ4n) is 1.49. The van der Waals surface area contributed by atoms with Crippen molar-refractivity contribution in [2.24, 2.45) is 0 Å². The molecule has 0 saturated heterocycles. The first-order valence-electron chi connectivity index (χ1n) is 5.18. The summed E-state index contributed by atoms with van der Waals surface area (Å²) in [6.45, 7) is 0. The molecule has 0 saturated carbocycles. The van der Waals surface area contributed by atoms with Crippen molar-refractivity contribution in [3.05, 3.63) is 58.3 Å². The number of anilines is 2. The minimum Gasteiger partial charge on any atom is -0.399 e. The Hall–Kier alpha value is -1.88. The van der Waals surface area contributed by atoms with Gasteiger partial charge >= 0.3 is 0 Å². The maximum Gasteiger partial charge on any atom is 0.256 e. The third kappa shape index (κ3) is 2.87. The van der Waals surface area contributed by atoms with Crippen LogP contribution in [0.2, 0.25) is 0 Å². The van der Waals surface area contributed by atoms with Gasteiger partial charge < -0.3 is 11.1 Å². The summed E-state index contributed by atoms with van der Waals surface area (Å²) < 4.78 is 13.6. The number of nitrogens with two attached hydrogens (primary N) is 1. The Kier molecular flexibility index (Phi) is 3.62. The summed E-state index contributed by atoms with van der Waals surface area (Å²) in [4.78, 5) is 11.9. The Morgan fingerprint density at radius 2 is 2.00 bits per heavy atom. The molecule has 0 aliphatic rings. The van der Waals surface area contributed by atoms with Crippen LogP contribution >= 0.6 is 15.9 Å². The third-order valence-corrected chi connectivity index (χ3v) is 3.01. The van der Waals surface area contributed by atoms with Crippen LogP contribution in [0.4, 0.5) is 15.8 Å². The highest BCUT2D eigenvalue weighted by atomic mass is 79.9. The van der Waals surface area contributed by atoms with Crippen LogP contribution in [0.5, 0.6) is 0 Å². The van der Waals surface area contributed by atoms with Crippen molar-refractivity contribution in [3.8, 4) is 0 Å². The van der Waals surface area contributed by atoms with Gasteiger partial charge in [-0.15, -0.1) is 0 Å². The van der Waals surface area contributed by atoms with Gasteiger partial charge in [-0.05, 0) is 52.3 Å². The van der Waals surface area contributed by atoms with E-state index in [-0.39, 0.29) is 5.56 Å². The molecule has 5 heteroatoms. The summed E-state index contributed by atoms with van der Waals surface area (Å²) in [6, 6.07) is 10.7. The van der Waals surface area contributed by atoms with Gasteiger partial charge in [0, 0.05) is 15.8 Å². The van der Waals surface area contributed by atoms with E-state index < -0.39 is 11.7 Å². The number of hydrogen-bond donors (Lipinski definition) is 2. The lowest BCUT2D eigenvalue weighted by Crippen LogP contribution is -2.13. The summed E-state index contributed by atoms with van der Waals surface area (Å²) in [5, 5.41) is 2.65. The molecule has 92 valence electrons. The number of nitrogen functional groups attached to an aromatic ring is 1. The molecular weight excluding hydrogens is 299 g/mol. The second-order valence-electron chi connectivity index (χ2n) is 3.70. The van der Waals surface area contributed by atoms with Gasteiger partial charge in [-0.2, -0.15) is 0 Å². The molecule has 0 radical (unpaired) electrons. The number of benzene rings is 2. The quantitative estimate of drug-likeness (QED) is 0.835. The van der Waals surface area contributed by atoms with Crippen molar-refractivity contribution in [2.75, 3.05) is 11.1 Å². The second kappa shape index (κ2) is 5.18. The molecule has 2 aromatic carbocycles. The number of hydrogen-bond acceptors (Lipinski definition) is 2. The standard InChI is InChI=1S/C13H10BrFN2O/c14-12-5-4-8(15)6-11(12)13(18)17-10-3-1-2-9(16)7-10/h1-7H,16H2,(H,17,18). The number of carbonyl (C=O) groups is 1. The summed E-state index contributed by atoms with van der Waals surface area (Å²) in [5.41, 5.74) is 6.95. The Morgan fingerprint density at radius 3 is 2.72 bits per heavy atom. The van der Waals surface area contributed by atoms with Gasteiger partial charge in [0.25, 0.3) is 5.91 Å². The molecule has 2 rings (SSSR count). The van der Waals surface area contributed by atoms with Crippen molar-refractivity contribution in [1.82, 2.24) is 0 Å². The van der Waals surface area contributed by atoms with Gasteiger partial charge in [0.1, 0.15) is 5.82 Å². The van der Waals surface area contributed by atoms with Gasteiger partial charge in [-0.3, -0.25) is 4.79 Å². The van der Waals surface area contributed by atoms with E-state index in [1.54, 1.807) is 24.3 Å². The Bertz CT molecular complexity index is 601. The molecule has 1 amide bonds. The molecule has 0 heterocycles. The summed E-state index contributed by atoms with van der Waals surface area (Å²) in [7, 11) is 0. The third-order valence-electron chi connectivity index (χ3n) is 2.32. The normalized spacial score (nSPS) is 10.1. The van der Waals surface area contributed by atoms with Gasteiger partial charge in [-0.25, -0.2) is 4.39 Å². The average molecular weight is 309 g/mol. The monoisotopic (exact) mass is 308 g/mol. The van der Waals surface area contributed by atoms with Crippen molar-refractivity contribution in [1.29, 1.82) is 0 Å². The SMILES string of the molecule is Nc1cccc(NC(=O)c2cc(F)ccc2Br)c1. The summed E-state index contributed by atoms with van der Waals surface area (Å²) in [5.74, 6) is -0.858. The maximum absolute atomic E-state index is 13.1. The Balaban J connectivity index is 2.24. The van der Waals surface area contributed by atoms with Gasteiger partial charge in [0.15, 0.2) is 0 Å². The number of rotatable bonds is 2. The molecule has 0 aliphatic heterocycles. The van der Waals surface area contributed by atoms with Crippen LogP contribution in [-0.2, 0) is 0 Å². The molecule has 0 spiro atoms. The molecule has 0 fully saturated rings. The first-order chi connectivity index (χ1) is 8.56. The lowest BCUT2D eigenvalue weighted by Gasteiger charge is -2.07. The number of halogens is 2. The predicted molar refractivity (Wildman–Crippen MR) is 72.9 cm³/mol. The highest BCUT2D eigenvalue weighted by Gasteiger charge is 2.11. The van der Waals surface area contributed by atoms with E-state index in [0.29, 0.717) is 15.8 Å². The van der Waals surface area contributed by atoms with E-state index in [2.05, 4.69) is 21.2 Å². The molecule has 2 aromatic rings. The molecule has 0 unspecified atom stereocenters. The van der Waals surface area contributed by atoms with Crippen LogP contribution in [-0.4, -0.2) is 5.91 Å². The molecule has 18 heavy (non-hydrogen) atoms. The zero-order chi connectivity index (χ0) is 13.1. The topological polar surface area (TPSA) is 55.1 Å². The largest absolute Gasteiger partial charge is 0.399 e. The van der Waals surface area contributed by atoms with Crippen molar-refractivity contribution < 1.29 is 9.18 Å². The minimum absolute atomic E-state index is 0.234. The van der Waals surface area contributed by atoms with Crippen molar-refractivity contribution >= 4 is 33.2 Å². The van der Waals surface area contributed by atoms with Gasteiger partial charge in [-0.1, -0.05) is 6.07 Å². The smallest absolute Gasteiger partial charge is 0.256 e. The Labute approximate surface area is 112 Å². The van der Waals surface area contributed by atoms with Crippen LogP contribution < -0.4 is 11.1 Å². The van der Waals surface area contributed by atoms with E-state index in [1.165, 1.54) is 18.2 Å². The van der Waals surface area contributed by atoms with Crippen molar-refractivity contribution in [2.45, 2.75) is 0 Å². The molecule has 0 aromatic heterocycles. The lowest BCUT2D eigenvalue weighted by atomic mass is 10.2. The van der Waals surface area contributed by atoms with Crippen LogP contribution in [0.3, 0.4) is 0 Å². The van der Waals surface area contributed by atoms with E-state index in [4.69, 9.17) is 5.73 Å². The molecule has 3 nitrogen and oxygen atoms in total. The zero-order valence-corrected chi connectivity index (χ0v) is 10.9. The van der Waals surface area contributed by atoms with Crippen LogP contribution in [0, 0.1) is 5.82 Å². The van der Waals surface area contributed by atoms with Crippen molar-refractivity contribution in [3.63, 3.8) is 0 Å². The van der Waals surface area contributed by atoms with E-state index in [9.17, 15) is 9.18 Å². The molecule has 0 aliphatic carbocycles. The fourth-order valence-corrected chi connectivity index (χ4v) is 1.91. The zero-order valence-electron chi connectivity index (χ0n) is 9.28. The summed E-state index contributed by atoms with van der Waals surface area (Å²) in [6.07, 6.45) is 0. The predicted octanol–water partition coefficient (Wildman–Crippen LogP) is 3.42. The van der Waals surface area contributed by atoms with E-state index in [0.717, 1.165) is 0 Å².